The monoisotopic (exact) mass is 165 g/mol. The molecule has 0 aromatic heterocycles. The van der Waals surface area contributed by atoms with Crippen molar-refractivity contribution in [2.45, 2.75) is 45.1 Å². The first-order chi connectivity index (χ1) is 5.54. The third-order valence-electron chi connectivity index (χ3n) is 4.89. The summed E-state index contributed by atoms with van der Waals surface area (Å²) in [6.07, 6.45) is 5.99. The van der Waals surface area contributed by atoms with Crippen LogP contribution in [0.25, 0.3) is 0 Å². The Morgan fingerprint density at radius 1 is 1.25 bits per heavy atom. The number of hydrogen-bond donors (Lipinski definition) is 1. The third-order valence-corrected chi connectivity index (χ3v) is 4.89. The van der Waals surface area contributed by atoms with E-state index >= 15 is 0 Å². The lowest BCUT2D eigenvalue weighted by atomic mass is 9.56. The van der Waals surface area contributed by atoms with E-state index in [2.05, 4.69) is 13.8 Å². The van der Waals surface area contributed by atoms with Crippen molar-refractivity contribution in [2.24, 2.45) is 28.9 Å². The van der Waals surface area contributed by atoms with Crippen LogP contribution in [-0.4, -0.2) is 5.54 Å². The zero-order valence-corrected chi connectivity index (χ0v) is 8.14. The van der Waals surface area contributed by atoms with Gasteiger partial charge in [-0.05, 0) is 62.7 Å². The summed E-state index contributed by atoms with van der Waals surface area (Å²) in [6.45, 7) is 4.42. The maximum Gasteiger partial charge on any atom is 0.0128 e. The molecule has 3 rings (SSSR count). The van der Waals surface area contributed by atoms with Gasteiger partial charge >= 0.3 is 0 Å². The largest absolute Gasteiger partial charge is 0.325 e. The molecule has 1 heteroatoms. The second-order valence-electron chi connectivity index (χ2n) is 5.95. The van der Waals surface area contributed by atoms with Gasteiger partial charge in [0.05, 0.1) is 0 Å². The maximum atomic E-state index is 6.17. The maximum absolute atomic E-state index is 6.17. The van der Waals surface area contributed by atoms with E-state index < -0.39 is 0 Å². The number of nitrogens with two attached hydrogens (primary N) is 1. The van der Waals surface area contributed by atoms with Gasteiger partial charge in [-0.3, -0.25) is 0 Å². The lowest BCUT2D eigenvalue weighted by Crippen LogP contribution is -2.53. The molecule has 0 heterocycles. The molecule has 3 fully saturated rings. The van der Waals surface area contributed by atoms with E-state index in [4.69, 9.17) is 5.73 Å². The first kappa shape index (κ1) is 7.37. The van der Waals surface area contributed by atoms with Gasteiger partial charge in [0.15, 0.2) is 0 Å². The quantitative estimate of drug-likeness (QED) is 0.633. The molecule has 4 atom stereocenters. The Bertz CT molecular complexity index is 226. The summed E-state index contributed by atoms with van der Waals surface area (Å²) in [5, 5.41) is 0. The minimum Gasteiger partial charge on any atom is -0.325 e. The molecule has 0 amide bonds. The Morgan fingerprint density at radius 2 is 2.00 bits per heavy atom. The van der Waals surface area contributed by atoms with Crippen LogP contribution >= 0.6 is 0 Å². The standard InChI is InChI=1S/C11H19N/c1-10(2,12)9-6-11-5-7(11)3-4-8(9)11/h7-9H,3-6,12H2,1-2H3. The van der Waals surface area contributed by atoms with Gasteiger partial charge in [0, 0.05) is 5.54 Å². The van der Waals surface area contributed by atoms with Crippen molar-refractivity contribution in [3.8, 4) is 0 Å². The zero-order chi connectivity index (χ0) is 8.56. The van der Waals surface area contributed by atoms with Crippen molar-refractivity contribution in [1.29, 1.82) is 0 Å². The van der Waals surface area contributed by atoms with Gasteiger partial charge in [-0.1, -0.05) is 0 Å². The molecule has 3 saturated carbocycles. The van der Waals surface area contributed by atoms with E-state index in [1.54, 1.807) is 6.42 Å². The molecule has 0 saturated heterocycles. The van der Waals surface area contributed by atoms with Gasteiger partial charge in [0.25, 0.3) is 0 Å². The van der Waals surface area contributed by atoms with Crippen LogP contribution in [-0.2, 0) is 0 Å². The molecule has 0 aromatic carbocycles. The highest BCUT2D eigenvalue weighted by Crippen LogP contribution is 2.78. The predicted molar refractivity (Wildman–Crippen MR) is 49.6 cm³/mol. The summed E-state index contributed by atoms with van der Waals surface area (Å²) in [4.78, 5) is 0. The van der Waals surface area contributed by atoms with Crippen molar-refractivity contribution in [2.75, 3.05) is 0 Å². The molecule has 68 valence electrons. The molecule has 3 aliphatic rings. The zero-order valence-electron chi connectivity index (χ0n) is 8.14. The molecule has 0 bridgehead atoms. The lowest BCUT2D eigenvalue weighted by Gasteiger charge is -2.50. The highest BCUT2D eigenvalue weighted by Gasteiger charge is 2.72. The summed E-state index contributed by atoms with van der Waals surface area (Å²) < 4.78 is 0. The normalized spacial score (nSPS) is 55.8. The van der Waals surface area contributed by atoms with E-state index in [1.165, 1.54) is 19.3 Å². The average molecular weight is 165 g/mol. The van der Waals surface area contributed by atoms with Gasteiger partial charge in [-0.2, -0.15) is 0 Å². The van der Waals surface area contributed by atoms with Crippen molar-refractivity contribution in [3.05, 3.63) is 0 Å². The second kappa shape index (κ2) is 1.75. The molecule has 2 N–H and O–H groups in total. The van der Waals surface area contributed by atoms with E-state index in [0.717, 1.165) is 23.2 Å². The van der Waals surface area contributed by atoms with Crippen LogP contribution < -0.4 is 5.73 Å². The van der Waals surface area contributed by atoms with Gasteiger partial charge in [-0.15, -0.1) is 0 Å². The van der Waals surface area contributed by atoms with Gasteiger partial charge in [0.2, 0.25) is 0 Å². The van der Waals surface area contributed by atoms with Crippen LogP contribution in [0.1, 0.15) is 39.5 Å². The Hall–Kier alpha value is -0.0400. The van der Waals surface area contributed by atoms with Crippen LogP contribution in [0.3, 0.4) is 0 Å². The fraction of sp³-hybridized carbons (Fsp3) is 1.00. The van der Waals surface area contributed by atoms with E-state index in [0.29, 0.717) is 0 Å². The highest BCUT2D eigenvalue weighted by atomic mass is 14.8. The van der Waals surface area contributed by atoms with Crippen LogP contribution in [0.2, 0.25) is 0 Å². The van der Waals surface area contributed by atoms with Crippen molar-refractivity contribution >= 4 is 0 Å². The first-order valence-corrected chi connectivity index (χ1v) is 5.33. The topological polar surface area (TPSA) is 26.0 Å². The molecular weight excluding hydrogens is 146 g/mol. The number of hydrogen-bond acceptors (Lipinski definition) is 1. The third kappa shape index (κ3) is 0.654. The molecule has 4 unspecified atom stereocenters. The molecule has 12 heavy (non-hydrogen) atoms. The Balaban J connectivity index is 1.81. The number of rotatable bonds is 1. The summed E-state index contributed by atoms with van der Waals surface area (Å²) >= 11 is 0. The fourth-order valence-electron chi connectivity index (χ4n) is 4.09. The molecule has 1 nitrogen and oxygen atoms in total. The molecular formula is C11H19N. The minimum absolute atomic E-state index is 0.0907. The average Bonchev–Trinajstić information content (AvgIpc) is 2.52. The summed E-state index contributed by atoms with van der Waals surface area (Å²) in [5.41, 5.74) is 7.11. The van der Waals surface area contributed by atoms with Gasteiger partial charge in [-0.25, -0.2) is 0 Å². The Kier molecular flexibility index (Phi) is 1.07. The van der Waals surface area contributed by atoms with Gasteiger partial charge < -0.3 is 5.73 Å². The van der Waals surface area contributed by atoms with Crippen molar-refractivity contribution < 1.29 is 0 Å². The molecule has 3 aliphatic carbocycles. The van der Waals surface area contributed by atoms with E-state index in [1.807, 2.05) is 0 Å². The highest BCUT2D eigenvalue weighted by molar-refractivity contribution is 5.22. The SMILES string of the molecule is CC(C)(N)C1CC23CC2CCC13. The molecule has 0 radical (unpaired) electrons. The van der Waals surface area contributed by atoms with Crippen LogP contribution in [0.4, 0.5) is 0 Å². The van der Waals surface area contributed by atoms with E-state index in [9.17, 15) is 0 Å². The molecule has 0 aromatic rings. The molecule has 0 aliphatic heterocycles. The second-order valence-corrected chi connectivity index (χ2v) is 5.95. The van der Waals surface area contributed by atoms with Crippen molar-refractivity contribution in [1.82, 2.24) is 0 Å². The van der Waals surface area contributed by atoms with E-state index in [-0.39, 0.29) is 5.54 Å². The lowest BCUT2D eigenvalue weighted by molar-refractivity contribution is 0.0106. The summed E-state index contributed by atoms with van der Waals surface area (Å²) in [5.74, 6) is 2.98. The van der Waals surface area contributed by atoms with Gasteiger partial charge in [0.1, 0.15) is 0 Å². The Labute approximate surface area is 74.7 Å². The fourth-order valence-corrected chi connectivity index (χ4v) is 4.09. The summed E-state index contributed by atoms with van der Waals surface area (Å²) in [7, 11) is 0. The van der Waals surface area contributed by atoms with Crippen LogP contribution in [0.15, 0.2) is 0 Å². The first-order valence-electron chi connectivity index (χ1n) is 5.33. The van der Waals surface area contributed by atoms with Crippen LogP contribution in [0, 0.1) is 23.2 Å². The van der Waals surface area contributed by atoms with Crippen LogP contribution in [0.5, 0.6) is 0 Å². The predicted octanol–water partition coefficient (Wildman–Crippen LogP) is 2.16. The van der Waals surface area contributed by atoms with Crippen molar-refractivity contribution in [3.63, 3.8) is 0 Å². The Morgan fingerprint density at radius 3 is 2.50 bits per heavy atom. The minimum atomic E-state index is 0.0907. The summed E-state index contributed by atoms with van der Waals surface area (Å²) in [6, 6.07) is 0. The molecule has 1 spiro atoms. The smallest absolute Gasteiger partial charge is 0.0128 e.